The maximum absolute atomic E-state index is 6.36. The van der Waals surface area contributed by atoms with Gasteiger partial charge in [0.2, 0.25) is 0 Å². The Morgan fingerprint density at radius 2 is 1.95 bits per heavy atom. The number of nitrogens with zero attached hydrogens (tertiary/aromatic N) is 2. The van der Waals surface area contributed by atoms with E-state index < -0.39 is 0 Å². The number of aryl methyl sites for hydroxylation is 2. The highest BCUT2D eigenvalue weighted by Crippen LogP contribution is 2.23. The second-order valence-corrected chi connectivity index (χ2v) is 6.26. The van der Waals surface area contributed by atoms with Gasteiger partial charge in [0.05, 0.1) is 16.4 Å². The maximum atomic E-state index is 6.36. The third-order valence-electron chi connectivity index (χ3n) is 3.42. The fraction of sp³-hybridized carbons (Fsp3) is 0.800. The van der Waals surface area contributed by atoms with Crippen molar-refractivity contribution < 1.29 is 0 Å². The Bertz CT molecular complexity index is 385. The van der Waals surface area contributed by atoms with E-state index in [2.05, 4.69) is 38.1 Å². The minimum Gasteiger partial charge on any atom is -0.316 e. The molecule has 0 aliphatic rings. The summed E-state index contributed by atoms with van der Waals surface area (Å²) in [6, 6.07) is 0. The van der Waals surface area contributed by atoms with Crippen molar-refractivity contribution in [2.24, 2.45) is 18.9 Å². The summed E-state index contributed by atoms with van der Waals surface area (Å²) >= 11 is 6.36. The van der Waals surface area contributed by atoms with Crippen molar-refractivity contribution in [3.05, 3.63) is 16.4 Å². The lowest BCUT2D eigenvalue weighted by Crippen LogP contribution is -2.25. The Balaban J connectivity index is 2.41. The molecule has 110 valence electrons. The van der Waals surface area contributed by atoms with E-state index in [1.165, 1.54) is 5.69 Å². The molecular formula is C15H28ClN3. The van der Waals surface area contributed by atoms with Gasteiger partial charge < -0.3 is 5.32 Å². The van der Waals surface area contributed by atoms with Crippen molar-refractivity contribution in [2.75, 3.05) is 13.1 Å². The van der Waals surface area contributed by atoms with E-state index in [1.54, 1.807) is 0 Å². The van der Waals surface area contributed by atoms with Gasteiger partial charge in [0.1, 0.15) is 0 Å². The third kappa shape index (κ3) is 5.15. The molecular weight excluding hydrogens is 258 g/mol. The Hall–Kier alpha value is -0.540. The van der Waals surface area contributed by atoms with Crippen LogP contribution in [0.15, 0.2) is 0 Å². The summed E-state index contributed by atoms with van der Waals surface area (Å²) in [7, 11) is 1.99. The van der Waals surface area contributed by atoms with Crippen LogP contribution < -0.4 is 5.32 Å². The molecule has 0 spiro atoms. The van der Waals surface area contributed by atoms with Gasteiger partial charge in [0, 0.05) is 7.05 Å². The van der Waals surface area contributed by atoms with E-state index >= 15 is 0 Å². The average molecular weight is 286 g/mol. The molecule has 0 radical (unpaired) electrons. The van der Waals surface area contributed by atoms with Gasteiger partial charge in [-0.3, -0.25) is 4.68 Å². The lowest BCUT2D eigenvalue weighted by atomic mass is 10.0. The predicted octanol–water partition coefficient (Wildman–Crippen LogP) is 3.45. The van der Waals surface area contributed by atoms with Gasteiger partial charge in [0.25, 0.3) is 0 Å². The Morgan fingerprint density at radius 3 is 2.47 bits per heavy atom. The molecule has 0 saturated heterocycles. The third-order valence-corrected chi connectivity index (χ3v) is 3.86. The molecule has 19 heavy (non-hydrogen) atoms. The smallest absolute Gasteiger partial charge is 0.0849 e. The van der Waals surface area contributed by atoms with Gasteiger partial charge >= 0.3 is 0 Å². The Morgan fingerprint density at radius 1 is 1.26 bits per heavy atom. The molecule has 1 aromatic heterocycles. The number of rotatable bonds is 8. The molecule has 0 saturated carbocycles. The van der Waals surface area contributed by atoms with Crippen LogP contribution in [-0.2, 0) is 19.9 Å². The van der Waals surface area contributed by atoms with Crippen LogP contribution in [0.25, 0.3) is 0 Å². The first-order valence-electron chi connectivity index (χ1n) is 7.36. The lowest BCUT2D eigenvalue weighted by Gasteiger charge is -2.14. The van der Waals surface area contributed by atoms with Gasteiger partial charge in [-0.2, -0.15) is 5.10 Å². The summed E-state index contributed by atoms with van der Waals surface area (Å²) in [6.45, 7) is 11.0. The van der Waals surface area contributed by atoms with E-state index in [-0.39, 0.29) is 0 Å². The molecule has 1 atom stereocenters. The van der Waals surface area contributed by atoms with Crippen molar-refractivity contribution >= 4 is 11.6 Å². The summed E-state index contributed by atoms with van der Waals surface area (Å²) in [6.07, 6.45) is 3.05. The standard InChI is InChI=1S/C15H28ClN3/c1-6-13-15(16)14(19(5)18-13)8-7-12(4)10-17-9-11(2)3/h11-12,17H,6-10H2,1-5H3. The molecule has 0 aliphatic heterocycles. The fourth-order valence-corrected chi connectivity index (χ4v) is 2.58. The molecule has 0 aliphatic carbocycles. The highest BCUT2D eigenvalue weighted by molar-refractivity contribution is 6.31. The molecule has 1 rings (SSSR count). The number of aromatic nitrogens is 2. The summed E-state index contributed by atoms with van der Waals surface area (Å²) in [4.78, 5) is 0. The monoisotopic (exact) mass is 285 g/mol. The van der Waals surface area contributed by atoms with E-state index in [9.17, 15) is 0 Å². The molecule has 1 heterocycles. The van der Waals surface area contributed by atoms with Gasteiger partial charge in [0.15, 0.2) is 0 Å². The van der Waals surface area contributed by atoms with Crippen LogP contribution in [0.3, 0.4) is 0 Å². The van der Waals surface area contributed by atoms with E-state index in [4.69, 9.17) is 11.6 Å². The zero-order valence-corrected chi connectivity index (χ0v) is 13.7. The Kier molecular flexibility index (Phi) is 6.87. The zero-order chi connectivity index (χ0) is 14.4. The molecule has 4 heteroatoms. The highest BCUT2D eigenvalue weighted by Gasteiger charge is 2.13. The Labute approximate surface area is 122 Å². The average Bonchev–Trinajstić information content (AvgIpc) is 2.61. The predicted molar refractivity (Wildman–Crippen MR) is 82.8 cm³/mol. The van der Waals surface area contributed by atoms with Crippen LogP contribution in [0.1, 0.15) is 45.5 Å². The SMILES string of the molecule is CCc1nn(C)c(CCC(C)CNCC(C)C)c1Cl. The van der Waals surface area contributed by atoms with E-state index in [0.29, 0.717) is 11.8 Å². The summed E-state index contributed by atoms with van der Waals surface area (Å²) in [5.41, 5.74) is 2.19. The van der Waals surface area contributed by atoms with Crippen LogP contribution in [0.4, 0.5) is 0 Å². The first-order chi connectivity index (χ1) is 8.95. The van der Waals surface area contributed by atoms with Crippen LogP contribution in [-0.4, -0.2) is 22.9 Å². The van der Waals surface area contributed by atoms with Crippen molar-refractivity contribution in [1.82, 2.24) is 15.1 Å². The van der Waals surface area contributed by atoms with Gasteiger partial charge in [-0.1, -0.05) is 39.3 Å². The van der Waals surface area contributed by atoms with E-state index in [1.807, 2.05) is 11.7 Å². The van der Waals surface area contributed by atoms with Crippen molar-refractivity contribution in [2.45, 2.75) is 47.0 Å². The molecule has 0 amide bonds. The van der Waals surface area contributed by atoms with Gasteiger partial charge in [-0.05, 0) is 44.2 Å². The summed E-state index contributed by atoms with van der Waals surface area (Å²) in [5, 5.41) is 8.84. The minimum atomic E-state index is 0.662. The van der Waals surface area contributed by atoms with Crippen LogP contribution in [0.2, 0.25) is 5.02 Å². The van der Waals surface area contributed by atoms with Gasteiger partial charge in [-0.25, -0.2) is 0 Å². The molecule has 0 fully saturated rings. The van der Waals surface area contributed by atoms with E-state index in [0.717, 1.165) is 43.1 Å². The van der Waals surface area contributed by atoms with Gasteiger partial charge in [-0.15, -0.1) is 0 Å². The largest absolute Gasteiger partial charge is 0.316 e. The second-order valence-electron chi connectivity index (χ2n) is 5.88. The first kappa shape index (κ1) is 16.5. The summed E-state index contributed by atoms with van der Waals surface area (Å²) < 4.78 is 1.94. The van der Waals surface area contributed by atoms with Crippen LogP contribution in [0.5, 0.6) is 0 Å². The van der Waals surface area contributed by atoms with Crippen LogP contribution in [0, 0.1) is 11.8 Å². The first-order valence-corrected chi connectivity index (χ1v) is 7.74. The number of nitrogens with one attached hydrogen (secondary N) is 1. The molecule has 0 bridgehead atoms. The van der Waals surface area contributed by atoms with Crippen molar-refractivity contribution in [1.29, 1.82) is 0 Å². The quantitative estimate of drug-likeness (QED) is 0.793. The topological polar surface area (TPSA) is 29.9 Å². The number of halogens is 1. The van der Waals surface area contributed by atoms with Crippen LogP contribution >= 0.6 is 11.6 Å². The number of hydrogen-bond acceptors (Lipinski definition) is 2. The molecule has 1 N–H and O–H groups in total. The molecule has 0 aromatic carbocycles. The lowest BCUT2D eigenvalue weighted by molar-refractivity contribution is 0.450. The van der Waals surface area contributed by atoms with Crippen molar-refractivity contribution in [3.8, 4) is 0 Å². The highest BCUT2D eigenvalue weighted by atomic mass is 35.5. The number of hydrogen-bond donors (Lipinski definition) is 1. The second kappa shape index (κ2) is 7.91. The molecule has 1 aromatic rings. The molecule has 1 unspecified atom stereocenters. The maximum Gasteiger partial charge on any atom is 0.0849 e. The minimum absolute atomic E-state index is 0.662. The fourth-order valence-electron chi connectivity index (χ4n) is 2.19. The van der Waals surface area contributed by atoms with Crippen molar-refractivity contribution in [3.63, 3.8) is 0 Å². The molecule has 3 nitrogen and oxygen atoms in total. The summed E-state index contributed by atoms with van der Waals surface area (Å²) in [5.74, 6) is 1.38. The zero-order valence-electron chi connectivity index (χ0n) is 13.0. The normalized spacial score (nSPS) is 13.2.